The Morgan fingerprint density at radius 1 is 1.08 bits per heavy atom. The molecule has 2 aliphatic rings. The summed E-state index contributed by atoms with van der Waals surface area (Å²) < 4.78 is 0. The fraction of sp³-hybridized carbons (Fsp3) is 0.250. The predicted molar refractivity (Wildman–Crippen MR) is 54.6 cm³/mol. The second kappa shape index (κ2) is 2.32. The molecular formula is C12H11N. The molecule has 1 spiro atoms. The third kappa shape index (κ3) is 0.844. The van der Waals surface area contributed by atoms with Crippen LogP contribution in [0, 0.1) is 0 Å². The van der Waals surface area contributed by atoms with Crippen LogP contribution in [0.1, 0.15) is 18.4 Å². The maximum atomic E-state index is 4.47. The van der Waals surface area contributed by atoms with Crippen LogP contribution in [0.25, 0.3) is 0 Å². The summed E-state index contributed by atoms with van der Waals surface area (Å²) in [7, 11) is 0. The standard InChI is InChI=1S/C12H11N/c1-2-6-11-10(5-1)12(9-13-11)7-3-4-8-12/h1-6,9H,7-8H2. The molecule has 0 bridgehead atoms. The molecule has 1 heterocycles. The van der Waals surface area contributed by atoms with Crippen molar-refractivity contribution in [1.82, 2.24) is 0 Å². The van der Waals surface area contributed by atoms with Crippen LogP contribution in [0.15, 0.2) is 41.4 Å². The fourth-order valence-corrected chi connectivity index (χ4v) is 2.27. The van der Waals surface area contributed by atoms with Gasteiger partial charge in [0.15, 0.2) is 0 Å². The molecule has 3 rings (SSSR count). The Morgan fingerprint density at radius 2 is 1.85 bits per heavy atom. The van der Waals surface area contributed by atoms with E-state index < -0.39 is 0 Å². The summed E-state index contributed by atoms with van der Waals surface area (Å²) >= 11 is 0. The second-order valence-electron chi connectivity index (χ2n) is 3.81. The minimum absolute atomic E-state index is 0.219. The molecule has 1 aliphatic heterocycles. The number of aliphatic imine (C=N–C) groups is 1. The molecule has 0 radical (unpaired) electrons. The van der Waals surface area contributed by atoms with E-state index >= 15 is 0 Å². The van der Waals surface area contributed by atoms with Crippen molar-refractivity contribution in [3.63, 3.8) is 0 Å². The number of hydrogen-bond donors (Lipinski definition) is 0. The van der Waals surface area contributed by atoms with Gasteiger partial charge in [-0.3, -0.25) is 4.99 Å². The second-order valence-corrected chi connectivity index (χ2v) is 3.81. The third-order valence-corrected chi connectivity index (χ3v) is 3.02. The van der Waals surface area contributed by atoms with E-state index in [-0.39, 0.29) is 5.41 Å². The van der Waals surface area contributed by atoms with Crippen molar-refractivity contribution in [3.8, 4) is 0 Å². The number of fused-ring (bicyclic) bond motifs is 2. The van der Waals surface area contributed by atoms with Crippen molar-refractivity contribution in [1.29, 1.82) is 0 Å². The molecule has 1 nitrogen and oxygen atoms in total. The zero-order chi connectivity index (χ0) is 8.73. The molecule has 0 unspecified atom stereocenters. The van der Waals surface area contributed by atoms with Crippen molar-refractivity contribution in [2.45, 2.75) is 18.3 Å². The molecule has 1 heteroatoms. The van der Waals surface area contributed by atoms with Crippen molar-refractivity contribution >= 4 is 11.9 Å². The fourth-order valence-electron chi connectivity index (χ4n) is 2.27. The predicted octanol–water partition coefficient (Wildman–Crippen LogP) is 2.99. The SMILES string of the molecule is C1=CCC2(C=Nc3ccccc32)C1. The minimum atomic E-state index is 0.219. The Kier molecular flexibility index (Phi) is 1.26. The number of benzene rings is 1. The van der Waals surface area contributed by atoms with Gasteiger partial charge in [-0.25, -0.2) is 0 Å². The Labute approximate surface area is 77.8 Å². The van der Waals surface area contributed by atoms with Crippen LogP contribution < -0.4 is 0 Å². The average Bonchev–Trinajstić information content (AvgIpc) is 2.78. The Morgan fingerprint density at radius 3 is 2.69 bits per heavy atom. The Balaban J connectivity index is 2.17. The highest BCUT2D eigenvalue weighted by molar-refractivity contribution is 5.86. The summed E-state index contributed by atoms with van der Waals surface area (Å²) in [5, 5.41) is 0. The highest BCUT2D eigenvalue weighted by Crippen LogP contribution is 2.44. The van der Waals surface area contributed by atoms with E-state index in [0.717, 1.165) is 18.5 Å². The normalized spacial score (nSPS) is 21.2. The number of allylic oxidation sites excluding steroid dienone is 2. The highest BCUT2D eigenvalue weighted by Gasteiger charge is 2.36. The van der Waals surface area contributed by atoms with Crippen LogP contribution >= 0.6 is 0 Å². The topological polar surface area (TPSA) is 12.4 Å². The summed E-state index contributed by atoms with van der Waals surface area (Å²) in [6, 6.07) is 8.46. The maximum Gasteiger partial charge on any atom is 0.0667 e. The zero-order valence-corrected chi connectivity index (χ0v) is 7.40. The number of rotatable bonds is 0. The Hall–Kier alpha value is -1.37. The van der Waals surface area contributed by atoms with Crippen LogP contribution in [0.3, 0.4) is 0 Å². The van der Waals surface area contributed by atoms with E-state index in [4.69, 9.17) is 0 Å². The lowest BCUT2D eigenvalue weighted by Gasteiger charge is -2.20. The monoisotopic (exact) mass is 169 g/mol. The van der Waals surface area contributed by atoms with Crippen molar-refractivity contribution < 1.29 is 0 Å². The van der Waals surface area contributed by atoms with Gasteiger partial charge in [-0.05, 0) is 24.5 Å². The molecule has 0 saturated heterocycles. The van der Waals surface area contributed by atoms with E-state index in [2.05, 4.69) is 47.6 Å². The first-order valence-electron chi connectivity index (χ1n) is 4.70. The summed E-state index contributed by atoms with van der Waals surface area (Å²) in [5.74, 6) is 0. The van der Waals surface area contributed by atoms with Gasteiger partial charge in [0.2, 0.25) is 0 Å². The number of nitrogens with zero attached hydrogens (tertiary/aromatic N) is 1. The summed E-state index contributed by atoms with van der Waals surface area (Å²) in [4.78, 5) is 4.47. The van der Waals surface area contributed by atoms with Crippen LogP contribution in [0.5, 0.6) is 0 Å². The molecule has 13 heavy (non-hydrogen) atoms. The van der Waals surface area contributed by atoms with Crippen molar-refractivity contribution in [2.24, 2.45) is 4.99 Å². The lowest BCUT2D eigenvalue weighted by molar-refractivity contribution is 0.651. The van der Waals surface area contributed by atoms with Crippen LogP contribution in [0.2, 0.25) is 0 Å². The van der Waals surface area contributed by atoms with E-state index in [1.54, 1.807) is 0 Å². The lowest BCUT2D eigenvalue weighted by Crippen LogP contribution is -2.20. The Bertz CT molecular complexity index is 393. The molecule has 0 atom stereocenters. The van der Waals surface area contributed by atoms with Crippen molar-refractivity contribution in [3.05, 3.63) is 42.0 Å². The van der Waals surface area contributed by atoms with Crippen LogP contribution in [-0.4, -0.2) is 6.21 Å². The summed E-state index contributed by atoms with van der Waals surface area (Å²) in [6.45, 7) is 0. The van der Waals surface area contributed by atoms with E-state index in [1.807, 2.05) is 0 Å². The number of hydrogen-bond acceptors (Lipinski definition) is 1. The summed E-state index contributed by atoms with van der Waals surface area (Å²) in [5.41, 5.74) is 2.78. The highest BCUT2D eigenvalue weighted by atomic mass is 14.8. The molecule has 64 valence electrons. The lowest BCUT2D eigenvalue weighted by atomic mass is 9.80. The molecule has 1 aromatic rings. The zero-order valence-electron chi connectivity index (χ0n) is 7.40. The molecule has 0 saturated carbocycles. The average molecular weight is 169 g/mol. The van der Waals surface area contributed by atoms with E-state index in [1.165, 1.54) is 5.56 Å². The molecule has 0 aromatic heterocycles. The quantitative estimate of drug-likeness (QED) is 0.529. The van der Waals surface area contributed by atoms with Gasteiger partial charge in [0.05, 0.1) is 5.69 Å². The maximum absolute atomic E-state index is 4.47. The smallest absolute Gasteiger partial charge is 0.0667 e. The van der Waals surface area contributed by atoms with E-state index in [9.17, 15) is 0 Å². The van der Waals surface area contributed by atoms with Crippen molar-refractivity contribution in [2.75, 3.05) is 0 Å². The van der Waals surface area contributed by atoms with E-state index in [0.29, 0.717) is 0 Å². The van der Waals surface area contributed by atoms with Crippen LogP contribution in [-0.2, 0) is 5.41 Å². The van der Waals surface area contributed by atoms with Crippen LogP contribution in [0.4, 0.5) is 5.69 Å². The molecule has 1 aromatic carbocycles. The van der Waals surface area contributed by atoms with Gasteiger partial charge in [0.1, 0.15) is 0 Å². The van der Waals surface area contributed by atoms with Gasteiger partial charge in [0, 0.05) is 11.6 Å². The largest absolute Gasteiger partial charge is 0.260 e. The van der Waals surface area contributed by atoms with Gasteiger partial charge in [-0.1, -0.05) is 30.4 Å². The summed E-state index contributed by atoms with van der Waals surface area (Å²) in [6.07, 6.45) is 8.88. The minimum Gasteiger partial charge on any atom is -0.260 e. The van der Waals surface area contributed by atoms with Gasteiger partial charge in [-0.15, -0.1) is 0 Å². The van der Waals surface area contributed by atoms with Gasteiger partial charge >= 0.3 is 0 Å². The molecule has 0 N–H and O–H groups in total. The van der Waals surface area contributed by atoms with Gasteiger partial charge in [0.25, 0.3) is 0 Å². The van der Waals surface area contributed by atoms with Gasteiger partial charge in [-0.2, -0.15) is 0 Å². The number of para-hydroxylation sites is 1. The first-order chi connectivity index (χ1) is 6.41. The third-order valence-electron chi connectivity index (χ3n) is 3.02. The molecule has 0 amide bonds. The first kappa shape index (κ1) is 7.07. The van der Waals surface area contributed by atoms with Gasteiger partial charge < -0.3 is 0 Å². The molecule has 0 fully saturated rings. The first-order valence-corrected chi connectivity index (χ1v) is 4.70. The molecular weight excluding hydrogens is 158 g/mol. The molecule has 1 aliphatic carbocycles.